The molecule has 0 fully saturated rings. The van der Waals surface area contributed by atoms with Crippen LogP contribution in [0.3, 0.4) is 0 Å². The summed E-state index contributed by atoms with van der Waals surface area (Å²) in [6, 6.07) is 21.3. The Bertz CT molecular complexity index is 817. The fraction of sp³-hybridized carbons (Fsp3) is 0.0556. The molecular formula is C18H15N3OS. The standard InChI is InChI=1S/C18H15N3OS/c22-18-14-9-4-5-10-15(14)19-17(16-11-6-12-23-16)21(18)20-13-7-2-1-3-8-13/h1-12,17,19-20H. The quantitative estimate of drug-likeness (QED) is 0.754. The molecule has 0 saturated carbocycles. The van der Waals surface area contributed by atoms with Gasteiger partial charge in [-0.1, -0.05) is 36.4 Å². The molecule has 5 heteroatoms. The molecular weight excluding hydrogens is 306 g/mol. The number of hydrazine groups is 1. The lowest BCUT2D eigenvalue weighted by Gasteiger charge is -2.37. The highest BCUT2D eigenvalue weighted by molar-refractivity contribution is 7.10. The molecule has 2 heterocycles. The van der Waals surface area contributed by atoms with Crippen molar-refractivity contribution in [3.63, 3.8) is 0 Å². The minimum atomic E-state index is -0.238. The van der Waals surface area contributed by atoms with Gasteiger partial charge in [0.2, 0.25) is 0 Å². The fourth-order valence-electron chi connectivity index (χ4n) is 2.67. The van der Waals surface area contributed by atoms with E-state index in [0.29, 0.717) is 5.56 Å². The van der Waals surface area contributed by atoms with Crippen molar-refractivity contribution >= 4 is 28.6 Å². The molecule has 114 valence electrons. The zero-order valence-electron chi connectivity index (χ0n) is 12.3. The van der Waals surface area contributed by atoms with Crippen molar-refractivity contribution in [3.05, 3.63) is 82.6 Å². The number of nitrogens with zero attached hydrogens (tertiary/aromatic N) is 1. The van der Waals surface area contributed by atoms with Crippen molar-refractivity contribution < 1.29 is 4.79 Å². The Morgan fingerprint density at radius 2 is 1.74 bits per heavy atom. The molecule has 2 N–H and O–H groups in total. The van der Waals surface area contributed by atoms with E-state index in [1.807, 2.05) is 72.1 Å². The summed E-state index contributed by atoms with van der Waals surface area (Å²) >= 11 is 1.62. The zero-order chi connectivity index (χ0) is 15.6. The van der Waals surface area contributed by atoms with Crippen LogP contribution in [0.4, 0.5) is 11.4 Å². The molecule has 0 radical (unpaired) electrons. The summed E-state index contributed by atoms with van der Waals surface area (Å²) in [7, 11) is 0. The number of hydrogen-bond acceptors (Lipinski definition) is 4. The monoisotopic (exact) mass is 321 g/mol. The van der Waals surface area contributed by atoms with Gasteiger partial charge in [0.15, 0.2) is 6.17 Å². The Labute approximate surface area is 138 Å². The van der Waals surface area contributed by atoms with Gasteiger partial charge in [0.05, 0.1) is 11.3 Å². The topological polar surface area (TPSA) is 44.4 Å². The highest BCUT2D eigenvalue weighted by Gasteiger charge is 2.33. The van der Waals surface area contributed by atoms with Crippen molar-refractivity contribution in [3.8, 4) is 0 Å². The van der Waals surface area contributed by atoms with Gasteiger partial charge in [0.1, 0.15) is 0 Å². The SMILES string of the molecule is O=C1c2ccccc2NC(c2cccs2)N1Nc1ccccc1. The number of rotatable bonds is 3. The van der Waals surface area contributed by atoms with E-state index in [1.165, 1.54) is 0 Å². The van der Waals surface area contributed by atoms with E-state index in [9.17, 15) is 4.79 Å². The lowest BCUT2D eigenvalue weighted by molar-refractivity contribution is 0.0735. The van der Waals surface area contributed by atoms with Crippen LogP contribution < -0.4 is 10.7 Å². The van der Waals surface area contributed by atoms with Crippen LogP contribution in [-0.4, -0.2) is 10.9 Å². The van der Waals surface area contributed by atoms with E-state index in [0.717, 1.165) is 16.3 Å². The lowest BCUT2D eigenvalue weighted by Crippen LogP contribution is -2.46. The van der Waals surface area contributed by atoms with Crippen molar-refractivity contribution in [2.24, 2.45) is 0 Å². The van der Waals surface area contributed by atoms with Crippen LogP contribution in [-0.2, 0) is 0 Å². The molecule has 23 heavy (non-hydrogen) atoms. The molecule has 1 unspecified atom stereocenters. The van der Waals surface area contributed by atoms with Gasteiger partial charge in [0, 0.05) is 10.6 Å². The van der Waals surface area contributed by atoms with Gasteiger partial charge in [-0.25, -0.2) is 5.01 Å². The highest BCUT2D eigenvalue weighted by Crippen LogP contribution is 2.34. The second kappa shape index (κ2) is 5.78. The number of anilines is 2. The van der Waals surface area contributed by atoms with E-state index in [4.69, 9.17) is 0 Å². The van der Waals surface area contributed by atoms with E-state index >= 15 is 0 Å². The minimum absolute atomic E-state index is 0.0402. The minimum Gasteiger partial charge on any atom is -0.359 e. The Morgan fingerprint density at radius 3 is 2.52 bits per heavy atom. The molecule has 1 atom stereocenters. The van der Waals surface area contributed by atoms with Crippen LogP contribution in [0, 0.1) is 0 Å². The summed E-state index contributed by atoms with van der Waals surface area (Å²) in [6.07, 6.45) is -0.238. The third kappa shape index (κ3) is 2.55. The van der Waals surface area contributed by atoms with Crippen LogP contribution >= 0.6 is 11.3 Å². The number of para-hydroxylation sites is 2. The number of benzene rings is 2. The maximum absolute atomic E-state index is 13.0. The van der Waals surface area contributed by atoms with Gasteiger partial charge in [-0.2, -0.15) is 0 Å². The van der Waals surface area contributed by atoms with E-state index in [-0.39, 0.29) is 12.1 Å². The van der Waals surface area contributed by atoms with Crippen LogP contribution in [0.15, 0.2) is 72.1 Å². The zero-order valence-corrected chi connectivity index (χ0v) is 13.1. The summed E-state index contributed by atoms with van der Waals surface area (Å²) in [5.74, 6) is -0.0402. The number of nitrogens with one attached hydrogen (secondary N) is 2. The van der Waals surface area contributed by atoms with Crippen LogP contribution in [0.25, 0.3) is 0 Å². The summed E-state index contributed by atoms with van der Waals surface area (Å²) in [5, 5.41) is 7.13. The fourth-order valence-corrected chi connectivity index (χ4v) is 3.43. The maximum atomic E-state index is 13.0. The van der Waals surface area contributed by atoms with Gasteiger partial charge in [0.25, 0.3) is 5.91 Å². The van der Waals surface area contributed by atoms with Gasteiger partial charge in [-0.05, 0) is 35.7 Å². The Hall–Kier alpha value is -2.79. The predicted octanol–water partition coefficient (Wildman–Crippen LogP) is 4.34. The molecule has 4 nitrogen and oxygen atoms in total. The third-order valence-electron chi connectivity index (χ3n) is 3.76. The van der Waals surface area contributed by atoms with Crippen molar-refractivity contribution in [2.75, 3.05) is 10.7 Å². The van der Waals surface area contributed by atoms with Gasteiger partial charge in [-0.15, -0.1) is 11.3 Å². The summed E-state index contributed by atoms with van der Waals surface area (Å²) in [5.41, 5.74) is 5.65. The smallest absolute Gasteiger partial charge is 0.276 e. The number of carbonyl (C=O) groups is 1. The summed E-state index contributed by atoms with van der Waals surface area (Å²) in [4.78, 5) is 14.0. The van der Waals surface area contributed by atoms with Crippen molar-refractivity contribution in [1.82, 2.24) is 5.01 Å². The Balaban J connectivity index is 1.75. The van der Waals surface area contributed by atoms with Crippen molar-refractivity contribution in [2.45, 2.75) is 6.17 Å². The number of fused-ring (bicyclic) bond motifs is 1. The Morgan fingerprint density at radius 1 is 0.957 bits per heavy atom. The number of hydrogen-bond donors (Lipinski definition) is 2. The molecule has 1 aliphatic rings. The average molecular weight is 321 g/mol. The molecule has 0 bridgehead atoms. The molecule has 1 aromatic heterocycles. The molecule has 2 aromatic carbocycles. The van der Waals surface area contributed by atoms with Crippen LogP contribution in [0.2, 0.25) is 0 Å². The second-order valence-corrected chi connectivity index (χ2v) is 6.24. The average Bonchev–Trinajstić information content (AvgIpc) is 3.13. The molecule has 3 aromatic rings. The van der Waals surface area contributed by atoms with E-state index in [1.54, 1.807) is 16.3 Å². The van der Waals surface area contributed by atoms with Gasteiger partial charge < -0.3 is 5.32 Å². The molecule has 4 rings (SSSR count). The van der Waals surface area contributed by atoms with Crippen LogP contribution in [0.5, 0.6) is 0 Å². The van der Waals surface area contributed by atoms with E-state index < -0.39 is 0 Å². The molecule has 1 aliphatic heterocycles. The van der Waals surface area contributed by atoms with Crippen molar-refractivity contribution in [1.29, 1.82) is 0 Å². The first-order valence-electron chi connectivity index (χ1n) is 7.37. The first kappa shape index (κ1) is 13.8. The molecule has 0 saturated heterocycles. The van der Waals surface area contributed by atoms with Crippen LogP contribution in [0.1, 0.15) is 21.4 Å². The first-order chi connectivity index (χ1) is 11.3. The third-order valence-corrected chi connectivity index (χ3v) is 4.69. The number of amides is 1. The van der Waals surface area contributed by atoms with Gasteiger partial charge in [-0.3, -0.25) is 10.2 Å². The highest BCUT2D eigenvalue weighted by atomic mass is 32.1. The molecule has 0 spiro atoms. The second-order valence-electron chi connectivity index (χ2n) is 5.26. The first-order valence-corrected chi connectivity index (χ1v) is 8.25. The summed E-state index contributed by atoms with van der Waals surface area (Å²) < 4.78 is 0. The normalized spacial score (nSPS) is 16.6. The predicted molar refractivity (Wildman–Crippen MR) is 93.4 cm³/mol. The maximum Gasteiger partial charge on any atom is 0.276 e. The number of carbonyl (C=O) groups excluding carboxylic acids is 1. The molecule has 1 amide bonds. The van der Waals surface area contributed by atoms with E-state index in [2.05, 4.69) is 10.7 Å². The Kier molecular flexibility index (Phi) is 3.48. The largest absolute Gasteiger partial charge is 0.359 e. The number of thiophene rings is 1. The molecule has 0 aliphatic carbocycles. The van der Waals surface area contributed by atoms with Gasteiger partial charge >= 0.3 is 0 Å². The lowest BCUT2D eigenvalue weighted by atomic mass is 10.1. The summed E-state index contributed by atoms with van der Waals surface area (Å²) in [6.45, 7) is 0.